The zero-order valence-electron chi connectivity index (χ0n) is 14.1. The fourth-order valence-electron chi connectivity index (χ4n) is 2.52. The monoisotopic (exact) mass is 402 g/mol. The average Bonchev–Trinajstić information content (AvgIpc) is 2.91. The molecule has 7 nitrogen and oxygen atoms in total. The van der Waals surface area contributed by atoms with E-state index in [2.05, 4.69) is 0 Å². The van der Waals surface area contributed by atoms with E-state index >= 15 is 0 Å². The van der Waals surface area contributed by atoms with E-state index in [0.29, 0.717) is 20.5 Å². The minimum Gasteiger partial charge on any atom is -0.500 e. The van der Waals surface area contributed by atoms with Crippen LogP contribution in [-0.2, 0) is 4.79 Å². The Morgan fingerprint density at radius 1 is 1.33 bits per heavy atom. The van der Waals surface area contributed by atoms with Crippen molar-refractivity contribution < 1.29 is 19.6 Å². The van der Waals surface area contributed by atoms with Gasteiger partial charge in [0.15, 0.2) is 10.1 Å². The lowest BCUT2D eigenvalue weighted by Crippen LogP contribution is -2.27. The molecule has 0 aliphatic carbocycles. The molecule has 0 unspecified atom stereocenters. The normalized spacial score (nSPS) is 15.4. The maximum atomic E-state index is 12.8. The van der Waals surface area contributed by atoms with Crippen molar-refractivity contribution in [2.75, 3.05) is 11.5 Å². The standard InChI is InChI=1S/C18H14N2O5S2/c1-2-25-14-9-11(8-13(16(14)21)20(23)24)10-15-17(22)19(18(26)27-15)12-6-4-3-5-7-12/h3-10,21H,2H2,1H3/b15-10+. The van der Waals surface area contributed by atoms with Gasteiger partial charge in [-0.2, -0.15) is 0 Å². The summed E-state index contributed by atoms with van der Waals surface area (Å²) in [5.41, 5.74) is 0.511. The third kappa shape index (κ3) is 3.79. The van der Waals surface area contributed by atoms with Crippen molar-refractivity contribution in [2.24, 2.45) is 0 Å². The second-order valence-electron chi connectivity index (χ2n) is 5.43. The molecule has 138 valence electrons. The Balaban J connectivity index is 2.01. The first-order chi connectivity index (χ1) is 12.9. The summed E-state index contributed by atoms with van der Waals surface area (Å²) in [7, 11) is 0. The molecule has 1 heterocycles. The summed E-state index contributed by atoms with van der Waals surface area (Å²) in [6.45, 7) is 1.92. The van der Waals surface area contributed by atoms with Crippen LogP contribution in [0.4, 0.5) is 11.4 Å². The number of nitro benzene ring substituents is 1. The van der Waals surface area contributed by atoms with Gasteiger partial charge in [-0.05, 0) is 36.8 Å². The van der Waals surface area contributed by atoms with Crippen molar-refractivity contribution in [3.63, 3.8) is 0 Å². The van der Waals surface area contributed by atoms with E-state index in [0.717, 1.165) is 11.8 Å². The van der Waals surface area contributed by atoms with Crippen LogP contribution in [0.1, 0.15) is 12.5 Å². The third-order valence-electron chi connectivity index (χ3n) is 3.68. The minimum atomic E-state index is -0.704. The summed E-state index contributed by atoms with van der Waals surface area (Å²) in [5, 5.41) is 21.2. The Bertz CT molecular complexity index is 960. The molecule has 0 bridgehead atoms. The Labute approximate surface area is 164 Å². The fraction of sp³-hybridized carbons (Fsp3) is 0.111. The van der Waals surface area contributed by atoms with Gasteiger partial charge in [0.25, 0.3) is 5.91 Å². The lowest BCUT2D eigenvalue weighted by Gasteiger charge is -2.13. The number of anilines is 1. The number of nitrogens with zero attached hydrogens (tertiary/aromatic N) is 2. The lowest BCUT2D eigenvalue weighted by atomic mass is 10.1. The molecule has 0 radical (unpaired) electrons. The molecule has 1 saturated heterocycles. The van der Waals surface area contributed by atoms with Gasteiger partial charge in [0.05, 0.1) is 22.1 Å². The van der Waals surface area contributed by atoms with Gasteiger partial charge in [-0.25, -0.2) is 0 Å². The van der Waals surface area contributed by atoms with Crippen molar-refractivity contribution in [3.8, 4) is 11.5 Å². The molecule has 27 heavy (non-hydrogen) atoms. The van der Waals surface area contributed by atoms with Crippen molar-refractivity contribution in [2.45, 2.75) is 6.92 Å². The van der Waals surface area contributed by atoms with Crippen LogP contribution in [0.5, 0.6) is 11.5 Å². The van der Waals surface area contributed by atoms with Crippen molar-refractivity contribution >= 4 is 51.7 Å². The van der Waals surface area contributed by atoms with Gasteiger partial charge >= 0.3 is 5.69 Å². The molecule has 2 aromatic rings. The molecule has 1 N–H and O–H groups in total. The van der Waals surface area contributed by atoms with Crippen LogP contribution in [0.2, 0.25) is 0 Å². The summed E-state index contributed by atoms with van der Waals surface area (Å²) in [6.07, 6.45) is 1.50. The lowest BCUT2D eigenvalue weighted by molar-refractivity contribution is -0.386. The van der Waals surface area contributed by atoms with E-state index in [1.54, 1.807) is 31.2 Å². The predicted octanol–water partition coefficient (Wildman–Crippen LogP) is 4.10. The van der Waals surface area contributed by atoms with E-state index in [1.165, 1.54) is 23.1 Å². The SMILES string of the molecule is CCOc1cc(/C=C2/SC(=S)N(c3ccccc3)C2=O)cc([N+](=O)[O-])c1O. The number of aromatic hydroxyl groups is 1. The molecule has 2 aromatic carbocycles. The summed E-state index contributed by atoms with van der Waals surface area (Å²) in [6, 6.07) is 11.6. The van der Waals surface area contributed by atoms with Crippen molar-refractivity contribution in [1.82, 2.24) is 0 Å². The summed E-state index contributed by atoms with van der Waals surface area (Å²) in [5.74, 6) is -0.878. The molecular weight excluding hydrogens is 388 g/mol. The van der Waals surface area contributed by atoms with Crippen LogP contribution in [0, 0.1) is 10.1 Å². The maximum absolute atomic E-state index is 12.8. The van der Waals surface area contributed by atoms with Crippen LogP contribution >= 0.6 is 24.0 Å². The largest absolute Gasteiger partial charge is 0.500 e. The highest BCUT2D eigenvalue weighted by Gasteiger charge is 2.33. The topological polar surface area (TPSA) is 92.9 Å². The fourth-order valence-corrected chi connectivity index (χ4v) is 3.82. The number of amides is 1. The maximum Gasteiger partial charge on any atom is 0.315 e. The van der Waals surface area contributed by atoms with Gasteiger partial charge < -0.3 is 9.84 Å². The highest BCUT2D eigenvalue weighted by Crippen LogP contribution is 2.40. The van der Waals surface area contributed by atoms with Crippen LogP contribution in [0.3, 0.4) is 0 Å². The number of hydrogen-bond donors (Lipinski definition) is 1. The molecule has 1 fully saturated rings. The van der Waals surface area contributed by atoms with E-state index < -0.39 is 16.4 Å². The van der Waals surface area contributed by atoms with E-state index in [9.17, 15) is 20.0 Å². The molecule has 0 saturated carbocycles. The number of ether oxygens (including phenoxy) is 1. The molecule has 1 aliphatic heterocycles. The smallest absolute Gasteiger partial charge is 0.315 e. The van der Waals surface area contributed by atoms with Gasteiger partial charge in [0, 0.05) is 6.07 Å². The second kappa shape index (κ2) is 7.77. The number of phenols is 1. The van der Waals surface area contributed by atoms with E-state index in [4.69, 9.17) is 17.0 Å². The van der Waals surface area contributed by atoms with Gasteiger partial charge in [0.1, 0.15) is 0 Å². The van der Waals surface area contributed by atoms with Gasteiger partial charge in [-0.1, -0.05) is 42.2 Å². The highest BCUT2D eigenvalue weighted by atomic mass is 32.2. The number of carbonyl (C=O) groups is 1. The Hall–Kier alpha value is -2.91. The number of carbonyl (C=O) groups excluding carboxylic acids is 1. The van der Waals surface area contributed by atoms with Crippen LogP contribution in [0.15, 0.2) is 47.4 Å². The number of phenolic OH excluding ortho intramolecular Hbond substituents is 1. The highest BCUT2D eigenvalue weighted by molar-refractivity contribution is 8.27. The van der Waals surface area contributed by atoms with Crippen molar-refractivity contribution in [3.05, 3.63) is 63.0 Å². The second-order valence-corrected chi connectivity index (χ2v) is 7.11. The van der Waals surface area contributed by atoms with Crippen LogP contribution in [-0.4, -0.2) is 26.9 Å². The van der Waals surface area contributed by atoms with Gasteiger partial charge in [0.2, 0.25) is 5.75 Å². The van der Waals surface area contributed by atoms with E-state index in [1.807, 2.05) is 6.07 Å². The predicted molar refractivity (Wildman–Crippen MR) is 108 cm³/mol. The Kier molecular flexibility index (Phi) is 5.43. The zero-order valence-corrected chi connectivity index (χ0v) is 15.8. The molecule has 0 aromatic heterocycles. The zero-order chi connectivity index (χ0) is 19.6. The first kappa shape index (κ1) is 18.9. The molecule has 0 atom stereocenters. The van der Waals surface area contributed by atoms with Gasteiger partial charge in [-0.15, -0.1) is 0 Å². The van der Waals surface area contributed by atoms with Crippen LogP contribution in [0.25, 0.3) is 6.08 Å². The molecule has 1 aliphatic rings. The summed E-state index contributed by atoms with van der Waals surface area (Å²) < 4.78 is 5.63. The molecular formula is C18H14N2O5S2. The van der Waals surface area contributed by atoms with Gasteiger partial charge in [-0.3, -0.25) is 19.8 Å². The number of rotatable bonds is 5. The van der Waals surface area contributed by atoms with Crippen molar-refractivity contribution in [1.29, 1.82) is 0 Å². The average molecular weight is 402 g/mol. The first-order valence-corrected chi connectivity index (χ1v) is 9.12. The number of thiocarbonyl (C=S) groups is 1. The Morgan fingerprint density at radius 2 is 2.04 bits per heavy atom. The molecule has 9 heteroatoms. The molecule has 3 rings (SSSR count). The molecule has 1 amide bonds. The number of hydrogen-bond acceptors (Lipinski definition) is 7. The number of thioether (sulfide) groups is 1. The quantitative estimate of drug-likeness (QED) is 0.348. The Morgan fingerprint density at radius 3 is 2.67 bits per heavy atom. The third-order valence-corrected chi connectivity index (χ3v) is 4.98. The number of para-hydroxylation sites is 1. The number of nitro groups is 1. The first-order valence-electron chi connectivity index (χ1n) is 7.89. The minimum absolute atomic E-state index is 0.0171. The summed E-state index contributed by atoms with van der Waals surface area (Å²) >= 11 is 6.41. The number of benzene rings is 2. The van der Waals surface area contributed by atoms with E-state index in [-0.39, 0.29) is 18.3 Å². The van der Waals surface area contributed by atoms with Crippen LogP contribution < -0.4 is 9.64 Å². The summed E-state index contributed by atoms with van der Waals surface area (Å²) in [4.78, 5) is 25.0. The molecule has 0 spiro atoms.